The van der Waals surface area contributed by atoms with Crippen LogP contribution in [0.5, 0.6) is 5.75 Å². The van der Waals surface area contributed by atoms with Crippen LogP contribution in [0.4, 0.5) is 13.2 Å². The first-order valence-corrected chi connectivity index (χ1v) is 11.2. The number of hydrogen-bond acceptors (Lipinski definition) is 5. The Morgan fingerprint density at radius 3 is 2.53 bits per heavy atom. The van der Waals surface area contributed by atoms with Crippen molar-refractivity contribution in [3.05, 3.63) is 65.7 Å². The van der Waals surface area contributed by atoms with Gasteiger partial charge in [0.05, 0.1) is 19.8 Å². The van der Waals surface area contributed by atoms with Crippen molar-refractivity contribution in [2.24, 2.45) is 0 Å². The van der Waals surface area contributed by atoms with Crippen molar-refractivity contribution < 1.29 is 27.4 Å². The highest BCUT2D eigenvalue weighted by molar-refractivity contribution is 5.69. The lowest BCUT2D eigenvalue weighted by molar-refractivity contribution is -0.143. The standard InChI is InChI=1S/C25H28F3N3O3/c1-3-33-23(32)11-5-4-8-14-34-21-10-7-6-9-20(21)17-31-18(2)15-30-24(31)19-12-13-22(29-16-19)25(26,27)28/h6-7,9-10,12-13,15-16H,3-5,8,11,14,17H2,1-2H3. The number of unbranched alkanes of at least 4 members (excludes halogenated alkanes) is 2. The lowest BCUT2D eigenvalue weighted by Crippen LogP contribution is -2.09. The Balaban J connectivity index is 1.65. The van der Waals surface area contributed by atoms with Crippen LogP contribution in [0.25, 0.3) is 11.4 Å². The highest BCUT2D eigenvalue weighted by Crippen LogP contribution is 2.29. The van der Waals surface area contributed by atoms with Crippen LogP contribution >= 0.6 is 0 Å². The molecular weight excluding hydrogens is 447 g/mol. The van der Waals surface area contributed by atoms with Crippen LogP contribution in [0.15, 0.2) is 48.8 Å². The van der Waals surface area contributed by atoms with Gasteiger partial charge in [-0.2, -0.15) is 13.2 Å². The molecule has 0 saturated carbocycles. The zero-order valence-corrected chi connectivity index (χ0v) is 19.3. The number of pyridine rings is 1. The topological polar surface area (TPSA) is 66.2 Å². The van der Waals surface area contributed by atoms with E-state index < -0.39 is 11.9 Å². The zero-order chi connectivity index (χ0) is 24.6. The van der Waals surface area contributed by atoms with Gasteiger partial charge in [-0.15, -0.1) is 0 Å². The zero-order valence-electron chi connectivity index (χ0n) is 19.3. The second-order valence-electron chi connectivity index (χ2n) is 7.81. The molecule has 3 aromatic rings. The maximum absolute atomic E-state index is 12.9. The van der Waals surface area contributed by atoms with E-state index >= 15 is 0 Å². The quantitative estimate of drug-likeness (QED) is 0.258. The van der Waals surface area contributed by atoms with Crippen molar-refractivity contribution in [2.45, 2.75) is 52.3 Å². The molecule has 0 saturated heterocycles. The summed E-state index contributed by atoms with van der Waals surface area (Å²) in [6, 6.07) is 9.98. The lowest BCUT2D eigenvalue weighted by Gasteiger charge is -2.15. The van der Waals surface area contributed by atoms with Crippen molar-refractivity contribution in [1.82, 2.24) is 14.5 Å². The number of imidazole rings is 1. The number of carbonyl (C=O) groups excluding carboxylic acids is 1. The predicted octanol–water partition coefficient (Wildman–Crippen LogP) is 5.82. The summed E-state index contributed by atoms with van der Waals surface area (Å²) >= 11 is 0. The molecule has 34 heavy (non-hydrogen) atoms. The number of aromatic nitrogens is 3. The van der Waals surface area contributed by atoms with Crippen LogP contribution in [0.2, 0.25) is 0 Å². The number of aryl methyl sites for hydroxylation is 1. The number of halogens is 3. The molecule has 0 aliphatic heterocycles. The van der Waals surface area contributed by atoms with Gasteiger partial charge in [-0.05, 0) is 51.3 Å². The van der Waals surface area contributed by atoms with E-state index in [2.05, 4.69) is 9.97 Å². The molecule has 0 atom stereocenters. The van der Waals surface area contributed by atoms with Gasteiger partial charge in [0.15, 0.2) is 0 Å². The third kappa shape index (κ3) is 6.82. The minimum absolute atomic E-state index is 0.177. The van der Waals surface area contributed by atoms with E-state index in [9.17, 15) is 18.0 Å². The molecule has 2 aromatic heterocycles. The molecule has 0 radical (unpaired) electrons. The summed E-state index contributed by atoms with van der Waals surface area (Å²) in [5.41, 5.74) is 1.35. The third-order valence-corrected chi connectivity index (χ3v) is 5.26. The summed E-state index contributed by atoms with van der Waals surface area (Å²) < 4.78 is 51.4. The highest BCUT2D eigenvalue weighted by atomic mass is 19.4. The van der Waals surface area contributed by atoms with Gasteiger partial charge < -0.3 is 14.0 Å². The second kappa shape index (κ2) is 11.7. The first-order valence-electron chi connectivity index (χ1n) is 11.2. The number of ether oxygens (including phenoxy) is 2. The van der Waals surface area contributed by atoms with Gasteiger partial charge in [-0.3, -0.25) is 9.78 Å². The van der Waals surface area contributed by atoms with Crippen molar-refractivity contribution in [1.29, 1.82) is 0 Å². The molecule has 182 valence electrons. The smallest absolute Gasteiger partial charge is 0.433 e. The van der Waals surface area contributed by atoms with Crippen LogP contribution in [0.3, 0.4) is 0 Å². The van der Waals surface area contributed by atoms with E-state index in [1.807, 2.05) is 35.8 Å². The van der Waals surface area contributed by atoms with E-state index in [1.54, 1.807) is 13.1 Å². The number of carbonyl (C=O) groups is 1. The van der Waals surface area contributed by atoms with Crippen LogP contribution in [0, 0.1) is 6.92 Å². The van der Waals surface area contributed by atoms with Crippen molar-refractivity contribution in [2.75, 3.05) is 13.2 Å². The Bertz CT molecular complexity index is 1080. The van der Waals surface area contributed by atoms with Gasteiger partial charge in [0.2, 0.25) is 0 Å². The van der Waals surface area contributed by atoms with Gasteiger partial charge in [0.25, 0.3) is 0 Å². The largest absolute Gasteiger partial charge is 0.493 e. The van der Waals surface area contributed by atoms with Gasteiger partial charge >= 0.3 is 12.1 Å². The van der Waals surface area contributed by atoms with Crippen LogP contribution < -0.4 is 4.74 Å². The Hall–Kier alpha value is -3.36. The molecule has 0 bridgehead atoms. The van der Waals surface area contributed by atoms with Crippen molar-refractivity contribution in [3.8, 4) is 17.1 Å². The summed E-state index contributed by atoms with van der Waals surface area (Å²) in [5, 5.41) is 0. The third-order valence-electron chi connectivity index (χ3n) is 5.26. The summed E-state index contributed by atoms with van der Waals surface area (Å²) in [7, 11) is 0. The minimum atomic E-state index is -4.49. The summed E-state index contributed by atoms with van der Waals surface area (Å²) in [6.07, 6.45) is 1.21. The normalized spacial score (nSPS) is 11.4. The minimum Gasteiger partial charge on any atom is -0.493 e. The average Bonchev–Trinajstić information content (AvgIpc) is 3.17. The van der Waals surface area contributed by atoms with E-state index in [1.165, 1.54) is 12.3 Å². The first-order chi connectivity index (χ1) is 16.3. The Morgan fingerprint density at radius 2 is 1.82 bits per heavy atom. The van der Waals surface area contributed by atoms with Gasteiger partial charge in [0, 0.05) is 35.6 Å². The maximum atomic E-state index is 12.9. The fraction of sp³-hybridized carbons (Fsp3) is 0.400. The fourth-order valence-electron chi connectivity index (χ4n) is 3.49. The molecule has 2 heterocycles. The highest BCUT2D eigenvalue weighted by Gasteiger charge is 2.32. The number of hydrogen-bond donors (Lipinski definition) is 0. The molecule has 0 aliphatic carbocycles. The summed E-state index contributed by atoms with van der Waals surface area (Å²) in [6.45, 7) is 5.03. The maximum Gasteiger partial charge on any atom is 0.433 e. The lowest BCUT2D eigenvalue weighted by atomic mass is 10.1. The molecular formula is C25H28F3N3O3. The SMILES string of the molecule is CCOC(=O)CCCCCOc1ccccc1Cn1c(C)cnc1-c1ccc(C(F)(F)F)nc1. The van der Waals surface area contributed by atoms with Crippen molar-refractivity contribution in [3.63, 3.8) is 0 Å². The predicted molar refractivity (Wildman–Crippen MR) is 121 cm³/mol. The van der Waals surface area contributed by atoms with Crippen LogP contribution in [-0.4, -0.2) is 33.7 Å². The molecule has 0 fully saturated rings. The van der Waals surface area contributed by atoms with Gasteiger partial charge in [0.1, 0.15) is 17.3 Å². The number of benzene rings is 1. The summed E-state index contributed by atoms with van der Waals surface area (Å²) in [4.78, 5) is 19.3. The van der Waals surface area contributed by atoms with Crippen LogP contribution in [0.1, 0.15) is 49.6 Å². The first kappa shape index (κ1) is 25.3. The average molecular weight is 476 g/mol. The number of rotatable bonds is 11. The van der Waals surface area contributed by atoms with Gasteiger partial charge in [-0.1, -0.05) is 18.2 Å². The molecule has 9 heteroatoms. The summed E-state index contributed by atoms with van der Waals surface area (Å²) in [5.74, 6) is 1.09. The second-order valence-corrected chi connectivity index (χ2v) is 7.81. The number of para-hydroxylation sites is 1. The number of alkyl halides is 3. The fourth-order valence-corrected chi connectivity index (χ4v) is 3.49. The van der Waals surface area contributed by atoms with E-state index in [4.69, 9.17) is 9.47 Å². The molecule has 3 rings (SSSR count). The van der Waals surface area contributed by atoms with Crippen molar-refractivity contribution >= 4 is 5.97 Å². The number of esters is 1. The Labute approximate surface area is 196 Å². The molecule has 0 N–H and O–H groups in total. The van der Waals surface area contributed by atoms with E-state index in [0.717, 1.165) is 42.3 Å². The van der Waals surface area contributed by atoms with Crippen LogP contribution in [-0.2, 0) is 22.3 Å². The molecule has 0 spiro atoms. The Morgan fingerprint density at radius 1 is 1.03 bits per heavy atom. The van der Waals surface area contributed by atoms with E-state index in [0.29, 0.717) is 37.6 Å². The number of nitrogens with zero attached hydrogens (tertiary/aromatic N) is 3. The molecule has 6 nitrogen and oxygen atoms in total. The monoisotopic (exact) mass is 475 g/mol. The van der Waals surface area contributed by atoms with E-state index in [-0.39, 0.29) is 5.97 Å². The molecule has 0 aliphatic rings. The van der Waals surface area contributed by atoms with Gasteiger partial charge in [-0.25, -0.2) is 4.98 Å². The molecule has 0 amide bonds. The Kier molecular flexibility index (Phi) is 8.67. The molecule has 0 unspecified atom stereocenters. The molecule has 1 aromatic carbocycles.